The van der Waals surface area contributed by atoms with Crippen molar-refractivity contribution in [3.8, 4) is 17.6 Å². The Labute approximate surface area is 135 Å². The number of Topliss-reactive ketones (excluding diaryl/α,β-unsaturated/α-hetero) is 1. The number of hydrogen-bond donors (Lipinski definition) is 2. The first-order valence-electron chi connectivity index (χ1n) is 6.31. The first-order chi connectivity index (χ1) is 10.5. The number of ketones is 1. The fraction of sp³-hybridized carbons (Fsp3) is 0.0588. The maximum absolute atomic E-state index is 11.1. The van der Waals surface area contributed by atoms with E-state index < -0.39 is 11.8 Å². The van der Waals surface area contributed by atoms with Gasteiger partial charge in [-0.05, 0) is 51.8 Å². The molecule has 0 aromatic heterocycles. The predicted octanol–water partition coefficient (Wildman–Crippen LogP) is 2.75. The Balaban J connectivity index is 2.11. The van der Waals surface area contributed by atoms with Crippen molar-refractivity contribution in [2.75, 3.05) is 0 Å². The third kappa shape index (κ3) is 4.21. The summed E-state index contributed by atoms with van der Waals surface area (Å²) in [6.45, 7) is 0. The number of carboxylic acids is 1. The van der Waals surface area contributed by atoms with Gasteiger partial charge in [0.15, 0.2) is 0 Å². The number of benzene rings is 2. The van der Waals surface area contributed by atoms with Crippen molar-refractivity contribution in [3.63, 3.8) is 0 Å². The van der Waals surface area contributed by atoms with Gasteiger partial charge in [-0.3, -0.25) is 4.79 Å². The van der Waals surface area contributed by atoms with Crippen LogP contribution in [0, 0.1) is 11.8 Å². The number of rotatable bonds is 3. The molecule has 0 saturated carbocycles. The summed E-state index contributed by atoms with van der Waals surface area (Å²) in [7, 11) is 0. The van der Waals surface area contributed by atoms with Gasteiger partial charge in [0.05, 0.1) is 4.47 Å². The zero-order valence-electron chi connectivity index (χ0n) is 11.3. The molecule has 2 N–H and O–H groups in total. The molecule has 0 saturated heterocycles. The third-order valence-corrected chi connectivity index (χ3v) is 3.49. The van der Waals surface area contributed by atoms with Crippen molar-refractivity contribution in [1.82, 2.24) is 0 Å². The third-order valence-electron chi connectivity index (χ3n) is 2.86. The van der Waals surface area contributed by atoms with Gasteiger partial charge in [-0.15, -0.1) is 0 Å². The summed E-state index contributed by atoms with van der Waals surface area (Å²) in [5, 5.41) is 18.0. The van der Waals surface area contributed by atoms with E-state index in [0.717, 1.165) is 11.1 Å². The monoisotopic (exact) mass is 358 g/mol. The number of phenols is 1. The van der Waals surface area contributed by atoms with Gasteiger partial charge >= 0.3 is 5.97 Å². The molecule has 0 unspecified atom stereocenters. The molecule has 110 valence electrons. The molecule has 4 nitrogen and oxygen atoms in total. The van der Waals surface area contributed by atoms with E-state index in [1.165, 1.54) is 0 Å². The van der Waals surface area contributed by atoms with E-state index in [1.54, 1.807) is 42.5 Å². The van der Waals surface area contributed by atoms with E-state index in [2.05, 4.69) is 27.8 Å². The summed E-state index contributed by atoms with van der Waals surface area (Å²) in [5.74, 6) is 3.79. The van der Waals surface area contributed by atoms with E-state index in [-0.39, 0.29) is 12.2 Å². The standard InChI is InChI=1S/C17H11BrO4/c18-14-9-12(7-8-15(14)19)4-1-11-2-5-13(6-3-11)10-16(20)17(21)22/h2-3,5-9,19H,10H2,(H,21,22). The molecule has 0 fully saturated rings. The highest BCUT2D eigenvalue weighted by Gasteiger charge is 2.11. The van der Waals surface area contributed by atoms with Crippen LogP contribution in [0.3, 0.4) is 0 Å². The van der Waals surface area contributed by atoms with Crippen LogP contribution in [0.15, 0.2) is 46.9 Å². The van der Waals surface area contributed by atoms with Gasteiger partial charge in [-0.2, -0.15) is 0 Å². The highest BCUT2D eigenvalue weighted by atomic mass is 79.9. The van der Waals surface area contributed by atoms with Gasteiger partial charge in [0.25, 0.3) is 0 Å². The minimum atomic E-state index is -1.43. The van der Waals surface area contributed by atoms with Crippen LogP contribution in [0.4, 0.5) is 0 Å². The number of carboxylic acid groups (broad SMARTS) is 1. The highest BCUT2D eigenvalue weighted by Crippen LogP contribution is 2.23. The van der Waals surface area contributed by atoms with Crippen LogP contribution in [-0.4, -0.2) is 22.0 Å². The Bertz CT molecular complexity index is 783. The lowest BCUT2D eigenvalue weighted by molar-refractivity contribution is -0.148. The highest BCUT2D eigenvalue weighted by molar-refractivity contribution is 9.10. The maximum Gasteiger partial charge on any atom is 0.372 e. The summed E-state index contributed by atoms with van der Waals surface area (Å²) in [6, 6.07) is 11.8. The zero-order chi connectivity index (χ0) is 16.1. The van der Waals surface area contributed by atoms with Crippen LogP contribution < -0.4 is 0 Å². The molecular formula is C17H11BrO4. The summed E-state index contributed by atoms with van der Waals surface area (Å²) >= 11 is 3.22. The number of phenolic OH excluding ortho intramolecular Hbond substituents is 1. The number of halogens is 1. The molecule has 0 atom stereocenters. The number of aromatic hydroxyl groups is 1. The molecular weight excluding hydrogens is 348 g/mol. The summed E-state index contributed by atoms with van der Waals surface area (Å²) < 4.78 is 0.571. The van der Waals surface area contributed by atoms with E-state index in [9.17, 15) is 14.7 Å². The lowest BCUT2D eigenvalue weighted by atomic mass is 10.1. The Kier molecular flexibility index (Phi) is 4.97. The second kappa shape index (κ2) is 6.92. The maximum atomic E-state index is 11.1. The quantitative estimate of drug-likeness (QED) is 0.653. The van der Waals surface area contributed by atoms with Crippen molar-refractivity contribution in [2.24, 2.45) is 0 Å². The molecule has 0 aliphatic carbocycles. The summed E-state index contributed by atoms with van der Waals surface area (Å²) in [4.78, 5) is 21.6. The van der Waals surface area contributed by atoms with Crippen molar-refractivity contribution >= 4 is 27.7 Å². The van der Waals surface area contributed by atoms with Crippen LogP contribution in [0.1, 0.15) is 16.7 Å². The second-order valence-electron chi connectivity index (χ2n) is 4.52. The van der Waals surface area contributed by atoms with Gasteiger partial charge < -0.3 is 10.2 Å². The molecule has 0 aliphatic heterocycles. The zero-order valence-corrected chi connectivity index (χ0v) is 12.9. The summed E-state index contributed by atoms with van der Waals surface area (Å²) in [6.07, 6.45) is -0.131. The Morgan fingerprint density at radius 3 is 2.18 bits per heavy atom. The molecule has 2 aromatic carbocycles. The van der Waals surface area contributed by atoms with Crippen molar-refractivity contribution < 1.29 is 19.8 Å². The van der Waals surface area contributed by atoms with Crippen molar-refractivity contribution in [2.45, 2.75) is 6.42 Å². The van der Waals surface area contributed by atoms with Crippen LogP contribution in [0.5, 0.6) is 5.75 Å². The molecule has 0 heterocycles. The Morgan fingerprint density at radius 2 is 1.59 bits per heavy atom. The van der Waals surface area contributed by atoms with Gasteiger partial charge in [0.2, 0.25) is 5.78 Å². The minimum absolute atomic E-state index is 0.131. The number of aliphatic carboxylic acids is 1. The van der Waals surface area contributed by atoms with Crippen molar-refractivity contribution in [1.29, 1.82) is 0 Å². The number of carbonyl (C=O) groups is 2. The van der Waals surface area contributed by atoms with Crippen LogP contribution in [0.2, 0.25) is 0 Å². The van der Waals surface area contributed by atoms with Gasteiger partial charge in [0, 0.05) is 17.5 Å². The first-order valence-corrected chi connectivity index (χ1v) is 7.10. The van der Waals surface area contributed by atoms with E-state index in [0.29, 0.717) is 10.0 Å². The Morgan fingerprint density at radius 1 is 1.00 bits per heavy atom. The fourth-order valence-corrected chi connectivity index (χ4v) is 2.07. The first kappa shape index (κ1) is 15.8. The molecule has 0 spiro atoms. The Hall–Kier alpha value is -2.58. The SMILES string of the molecule is O=C(O)C(=O)Cc1ccc(C#Cc2ccc(O)c(Br)c2)cc1. The van der Waals surface area contributed by atoms with E-state index in [4.69, 9.17) is 5.11 Å². The molecule has 5 heteroatoms. The fourth-order valence-electron chi connectivity index (χ4n) is 1.70. The second-order valence-corrected chi connectivity index (χ2v) is 5.37. The average Bonchev–Trinajstić information content (AvgIpc) is 2.49. The van der Waals surface area contributed by atoms with Gasteiger partial charge in [-0.25, -0.2) is 4.79 Å². The number of carbonyl (C=O) groups excluding carboxylic acids is 1. The smallest absolute Gasteiger partial charge is 0.372 e. The molecule has 2 aromatic rings. The normalized spacial score (nSPS) is 9.68. The molecule has 22 heavy (non-hydrogen) atoms. The van der Waals surface area contributed by atoms with E-state index in [1.807, 2.05) is 0 Å². The topological polar surface area (TPSA) is 74.6 Å². The van der Waals surface area contributed by atoms with Gasteiger partial charge in [0.1, 0.15) is 5.75 Å². The van der Waals surface area contributed by atoms with Crippen LogP contribution in [0.25, 0.3) is 0 Å². The largest absolute Gasteiger partial charge is 0.507 e. The van der Waals surface area contributed by atoms with Crippen molar-refractivity contribution in [3.05, 3.63) is 63.6 Å². The minimum Gasteiger partial charge on any atom is -0.507 e. The molecule has 0 aliphatic rings. The molecule has 0 bridgehead atoms. The number of hydrogen-bond acceptors (Lipinski definition) is 3. The molecule has 0 radical (unpaired) electrons. The predicted molar refractivity (Wildman–Crippen MR) is 84.6 cm³/mol. The van der Waals surface area contributed by atoms with Crippen LogP contribution in [-0.2, 0) is 16.0 Å². The van der Waals surface area contributed by atoms with Crippen LogP contribution >= 0.6 is 15.9 Å². The molecule has 0 amide bonds. The lowest BCUT2D eigenvalue weighted by Gasteiger charge is -1.98. The molecule has 2 rings (SSSR count). The van der Waals surface area contributed by atoms with Gasteiger partial charge in [-0.1, -0.05) is 24.0 Å². The van der Waals surface area contributed by atoms with E-state index >= 15 is 0 Å². The summed E-state index contributed by atoms with van der Waals surface area (Å²) in [5.41, 5.74) is 2.12. The lowest BCUT2D eigenvalue weighted by Crippen LogP contribution is -2.14. The average molecular weight is 359 g/mol.